The summed E-state index contributed by atoms with van der Waals surface area (Å²) in [6.45, 7) is 7.97. The van der Waals surface area contributed by atoms with Crippen LogP contribution in [0.3, 0.4) is 0 Å². The van der Waals surface area contributed by atoms with E-state index in [2.05, 4.69) is 28.2 Å². The molecule has 164 valence electrons. The van der Waals surface area contributed by atoms with Crippen LogP contribution < -0.4 is 5.32 Å². The summed E-state index contributed by atoms with van der Waals surface area (Å²) in [5.41, 5.74) is 6.40. The summed E-state index contributed by atoms with van der Waals surface area (Å²) in [7, 11) is 0. The van der Waals surface area contributed by atoms with Gasteiger partial charge in [0.15, 0.2) is 0 Å². The molecule has 0 radical (unpaired) electrons. The normalized spacial score (nSPS) is 23.4. The second kappa shape index (κ2) is 8.59. The van der Waals surface area contributed by atoms with Crippen LogP contribution in [0.5, 0.6) is 0 Å². The Labute approximate surface area is 188 Å². The largest absolute Gasteiger partial charge is 0.369 e. The third kappa shape index (κ3) is 3.91. The molecule has 0 atom stereocenters. The Kier molecular flexibility index (Phi) is 5.49. The SMILES string of the molecule is CCc1nc(C)cn2nc(C3=C\C(=O)N4C=C(N5CCCNCC5)C=C\C4=C/C=C/3)cc12. The van der Waals surface area contributed by atoms with Gasteiger partial charge in [-0.25, -0.2) is 4.52 Å². The van der Waals surface area contributed by atoms with E-state index in [-0.39, 0.29) is 5.91 Å². The van der Waals surface area contributed by atoms with Crippen molar-refractivity contribution in [3.8, 4) is 0 Å². The predicted molar refractivity (Wildman–Crippen MR) is 125 cm³/mol. The monoisotopic (exact) mass is 428 g/mol. The van der Waals surface area contributed by atoms with E-state index in [9.17, 15) is 4.79 Å². The third-order valence-electron chi connectivity index (χ3n) is 6.01. The number of nitrogens with one attached hydrogen (secondary N) is 1. The van der Waals surface area contributed by atoms with Gasteiger partial charge in [0, 0.05) is 43.2 Å². The molecule has 0 aliphatic carbocycles. The van der Waals surface area contributed by atoms with Crippen molar-refractivity contribution in [3.05, 3.63) is 83.4 Å². The average molecular weight is 429 g/mol. The molecule has 3 aliphatic heterocycles. The number of carbonyl (C=O) groups excluding carboxylic acids is 1. The van der Waals surface area contributed by atoms with E-state index >= 15 is 0 Å². The molecule has 2 aromatic heterocycles. The molecule has 1 amide bonds. The molecule has 0 spiro atoms. The summed E-state index contributed by atoms with van der Waals surface area (Å²) < 4.78 is 1.87. The van der Waals surface area contributed by atoms with Crippen LogP contribution in [0.1, 0.15) is 30.4 Å². The molecule has 7 nitrogen and oxygen atoms in total. The number of rotatable bonds is 3. The smallest absolute Gasteiger partial charge is 0.255 e. The summed E-state index contributed by atoms with van der Waals surface area (Å²) in [6, 6.07) is 2.02. The van der Waals surface area contributed by atoms with E-state index in [1.807, 2.05) is 54.2 Å². The van der Waals surface area contributed by atoms with Crippen molar-refractivity contribution in [3.63, 3.8) is 0 Å². The Morgan fingerprint density at radius 1 is 1.12 bits per heavy atom. The number of aryl methyl sites for hydroxylation is 2. The first-order valence-corrected chi connectivity index (χ1v) is 11.3. The maximum Gasteiger partial charge on any atom is 0.255 e. The van der Waals surface area contributed by atoms with Crippen molar-refractivity contribution in [1.82, 2.24) is 29.7 Å². The van der Waals surface area contributed by atoms with Crippen LogP contribution in [-0.4, -0.2) is 56.5 Å². The first-order chi connectivity index (χ1) is 15.6. The van der Waals surface area contributed by atoms with Crippen LogP contribution in [-0.2, 0) is 11.2 Å². The fourth-order valence-electron chi connectivity index (χ4n) is 4.36. The first kappa shape index (κ1) is 20.5. The quantitative estimate of drug-likeness (QED) is 0.814. The number of fused-ring (bicyclic) bond motifs is 2. The number of hydrogen-bond acceptors (Lipinski definition) is 5. The minimum atomic E-state index is -0.0764. The molecule has 7 heteroatoms. The van der Waals surface area contributed by atoms with Gasteiger partial charge >= 0.3 is 0 Å². The molecule has 5 rings (SSSR count). The maximum atomic E-state index is 13.3. The number of amides is 1. The molecular weight excluding hydrogens is 400 g/mol. The molecule has 0 bridgehead atoms. The zero-order valence-corrected chi connectivity index (χ0v) is 18.6. The van der Waals surface area contributed by atoms with Crippen molar-refractivity contribution in [2.24, 2.45) is 0 Å². The van der Waals surface area contributed by atoms with Gasteiger partial charge in [0.2, 0.25) is 0 Å². The van der Waals surface area contributed by atoms with Crippen molar-refractivity contribution >= 4 is 17.0 Å². The molecule has 3 aliphatic rings. The van der Waals surface area contributed by atoms with Gasteiger partial charge in [-0.15, -0.1) is 0 Å². The third-order valence-corrected chi connectivity index (χ3v) is 6.01. The lowest BCUT2D eigenvalue weighted by Gasteiger charge is -2.30. The van der Waals surface area contributed by atoms with Crippen LogP contribution in [0.15, 0.2) is 66.3 Å². The minimum absolute atomic E-state index is 0.0764. The van der Waals surface area contributed by atoms with Gasteiger partial charge in [0.05, 0.1) is 34.5 Å². The lowest BCUT2D eigenvalue weighted by molar-refractivity contribution is -0.122. The van der Waals surface area contributed by atoms with Gasteiger partial charge in [0.25, 0.3) is 5.91 Å². The van der Waals surface area contributed by atoms with Gasteiger partial charge < -0.3 is 10.2 Å². The highest BCUT2D eigenvalue weighted by Gasteiger charge is 2.22. The van der Waals surface area contributed by atoms with Gasteiger partial charge in [0.1, 0.15) is 0 Å². The Balaban J connectivity index is 1.49. The standard InChI is InChI=1S/C25H28N6O/c1-3-22-24-15-23(28-31(24)16-18(2)27-22)19-6-4-7-20-8-9-21(17-30(20)25(32)14-19)29-12-5-10-26-11-13-29/h4,6-9,14-17,26H,3,5,10-13H2,1-2H3/b6-4+,19-14+,20-7+. The fraction of sp³-hybridized carbons (Fsp3) is 0.320. The zero-order chi connectivity index (χ0) is 22.1. The maximum absolute atomic E-state index is 13.3. The van der Waals surface area contributed by atoms with Crippen LogP contribution in [0, 0.1) is 6.92 Å². The van der Waals surface area contributed by atoms with Gasteiger partial charge in [-0.05, 0) is 50.6 Å². The van der Waals surface area contributed by atoms with E-state index in [4.69, 9.17) is 5.10 Å². The summed E-state index contributed by atoms with van der Waals surface area (Å²) in [6.07, 6.45) is 17.5. The van der Waals surface area contributed by atoms with Crippen LogP contribution >= 0.6 is 0 Å². The summed E-state index contributed by atoms with van der Waals surface area (Å²) in [5, 5.41) is 8.17. The lowest BCUT2D eigenvalue weighted by Crippen LogP contribution is -2.32. The summed E-state index contributed by atoms with van der Waals surface area (Å²) >= 11 is 0. The number of allylic oxidation sites excluding steroid dienone is 6. The number of nitrogens with zero attached hydrogens (tertiary/aromatic N) is 5. The number of hydrogen-bond donors (Lipinski definition) is 1. The molecule has 5 heterocycles. The Hall–Kier alpha value is -3.45. The van der Waals surface area contributed by atoms with E-state index in [0.717, 1.165) is 78.6 Å². The second-order valence-corrected chi connectivity index (χ2v) is 8.28. The van der Waals surface area contributed by atoms with Crippen molar-refractivity contribution < 1.29 is 4.79 Å². The minimum Gasteiger partial charge on any atom is -0.369 e. The van der Waals surface area contributed by atoms with E-state index in [1.54, 1.807) is 11.0 Å². The molecule has 1 saturated heterocycles. The molecule has 0 unspecified atom stereocenters. The Bertz CT molecular complexity index is 1200. The Morgan fingerprint density at radius 2 is 2.00 bits per heavy atom. The van der Waals surface area contributed by atoms with E-state index < -0.39 is 0 Å². The first-order valence-electron chi connectivity index (χ1n) is 11.3. The van der Waals surface area contributed by atoms with Crippen LogP contribution in [0.4, 0.5) is 0 Å². The highest BCUT2D eigenvalue weighted by Crippen LogP contribution is 2.26. The van der Waals surface area contributed by atoms with Crippen LogP contribution in [0.25, 0.3) is 11.1 Å². The van der Waals surface area contributed by atoms with E-state index in [0.29, 0.717) is 0 Å². The molecule has 0 saturated carbocycles. The van der Waals surface area contributed by atoms with Crippen molar-refractivity contribution in [1.29, 1.82) is 0 Å². The molecular formula is C25H28N6O. The van der Waals surface area contributed by atoms with Gasteiger partial charge in [-0.3, -0.25) is 14.7 Å². The lowest BCUT2D eigenvalue weighted by atomic mass is 10.1. The molecule has 32 heavy (non-hydrogen) atoms. The molecule has 1 N–H and O–H groups in total. The molecule has 0 aromatic carbocycles. The highest BCUT2D eigenvalue weighted by molar-refractivity contribution is 5.99. The predicted octanol–water partition coefficient (Wildman–Crippen LogP) is 2.97. The summed E-state index contributed by atoms with van der Waals surface area (Å²) in [5.74, 6) is -0.0764. The number of aromatic nitrogens is 3. The van der Waals surface area contributed by atoms with Crippen molar-refractivity contribution in [2.45, 2.75) is 26.7 Å². The number of carbonyl (C=O) groups is 1. The average Bonchev–Trinajstić information content (AvgIpc) is 3.02. The van der Waals surface area contributed by atoms with Crippen LogP contribution in [0.2, 0.25) is 0 Å². The van der Waals surface area contributed by atoms with Gasteiger partial charge in [-0.1, -0.05) is 19.1 Å². The highest BCUT2D eigenvalue weighted by atomic mass is 16.2. The zero-order valence-electron chi connectivity index (χ0n) is 18.6. The second-order valence-electron chi connectivity index (χ2n) is 8.28. The molecule has 2 aromatic rings. The van der Waals surface area contributed by atoms with Gasteiger partial charge in [-0.2, -0.15) is 5.10 Å². The summed E-state index contributed by atoms with van der Waals surface area (Å²) in [4.78, 5) is 22.0. The Morgan fingerprint density at radius 3 is 2.88 bits per heavy atom. The van der Waals surface area contributed by atoms with E-state index in [1.165, 1.54) is 0 Å². The molecule has 1 fully saturated rings. The van der Waals surface area contributed by atoms with Crippen molar-refractivity contribution in [2.75, 3.05) is 26.2 Å². The topological polar surface area (TPSA) is 65.8 Å². The fourth-order valence-corrected chi connectivity index (χ4v) is 4.36.